The smallest absolute Gasteiger partial charge is 0.220 e. The molecule has 1 amide bonds. The fourth-order valence-electron chi connectivity index (χ4n) is 10.5. The lowest BCUT2D eigenvalue weighted by molar-refractivity contribution is -0.359. The zero-order chi connectivity index (χ0) is 60.9. The summed E-state index contributed by atoms with van der Waals surface area (Å²) in [6.45, 7) is 2.75. The maximum absolute atomic E-state index is 13.3. The molecule has 9 N–H and O–H groups in total. The molecule has 2 aliphatic rings. The molecule has 0 saturated carbocycles. The van der Waals surface area contributed by atoms with Crippen molar-refractivity contribution in [2.45, 2.75) is 319 Å². The first kappa shape index (κ1) is 77.0. The summed E-state index contributed by atoms with van der Waals surface area (Å²) < 4.78 is 22.9. The van der Waals surface area contributed by atoms with Crippen LogP contribution < -0.4 is 5.32 Å². The van der Waals surface area contributed by atoms with E-state index in [-0.39, 0.29) is 18.9 Å². The Labute approximate surface area is 509 Å². The van der Waals surface area contributed by atoms with E-state index in [0.717, 1.165) is 116 Å². The molecular weight excluding hydrogens is 1060 g/mol. The van der Waals surface area contributed by atoms with Gasteiger partial charge in [0.15, 0.2) is 12.6 Å². The third kappa shape index (κ3) is 38.2. The van der Waals surface area contributed by atoms with Crippen LogP contribution in [0.2, 0.25) is 0 Å². The van der Waals surface area contributed by atoms with Gasteiger partial charge >= 0.3 is 0 Å². The van der Waals surface area contributed by atoms with Crippen LogP contribution in [-0.2, 0) is 23.7 Å². The number of amides is 1. The Balaban J connectivity index is 1.70. The normalized spacial score (nSPS) is 24.3. The van der Waals surface area contributed by atoms with E-state index in [1.807, 2.05) is 0 Å². The summed E-state index contributed by atoms with van der Waals surface area (Å²) in [5, 5.41) is 87.5. The maximum Gasteiger partial charge on any atom is 0.220 e. The number of unbranched alkanes of at least 4 members (excludes halogenated alkanes) is 24. The Morgan fingerprint density at radius 2 is 0.821 bits per heavy atom. The number of carbonyl (C=O) groups is 1. The molecule has 0 aromatic rings. The third-order valence-corrected chi connectivity index (χ3v) is 15.8. The van der Waals surface area contributed by atoms with E-state index in [0.29, 0.717) is 12.8 Å². The standard InChI is InChI=1S/C70H121NO13/c1-3-5-7-9-11-13-15-17-19-21-23-24-25-26-27-28-29-30-31-32-33-34-36-38-40-42-44-46-48-50-52-54-62(75)71-58(59(74)53-51-49-47-45-43-41-39-37-35-22-20-18-16-14-12-10-8-6-4-2)57-81-69-67(80)65(78)68(61(56-73)83-69)84-70-66(79)64(77)63(76)60(55-72)82-70/h5,7,11,13,17,19,23-24,26-27,29-30,32-33,36,38,58-61,63-70,72-74,76-80H,3-4,6,8-10,12,14-16,18,20-22,25,28,31,34-35,37,39-57H2,1-2H3,(H,71,75)/b7-5-,13-11-,19-17-,24-23-,27-26-,30-29-,33-32-,38-36-. The molecule has 2 heterocycles. The summed E-state index contributed by atoms with van der Waals surface area (Å²) in [5.41, 5.74) is 0. The lowest BCUT2D eigenvalue weighted by Gasteiger charge is -2.46. The second-order valence-electron chi connectivity index (χ2n) is 23.2. The van der Waals surface area contributed by atoms with Gasteiger partial charge in [0.25, 0.3) is 0 Å². The zero-order valence-corrected chi connectivity index (χ0v) is 52.4. The highest BCUT2D eigenvalue weighted by molar-refractivity contribution is 5.76. The fraction of sp³-hybridized carbons (Fsp3) is 0.757. The average molecular weight is 1180 g/mol. The monoisotopic (exact) mass is 1180 g/mol. The van der Waals surface area contributed by atoms with Crippen molar-refractivity contribution in [1.82, 2.24) is 5.32 Å². The molecule has 0 spiro atoms. The molecule has 14 heteroatoms. The van der Waals surface area contributed by atoms with E-state index >= 15 is 0 Å². The Hall–Kier alpha value is -3.09. The molecule has 2 fully saturated rings. The number of ether oxygens (including phenoxy) is 4. The van der Waals surface area contributed by atoms with Crippen LogP contribution in [0.25, 0.3) is 0 Å². The van der Waals surface area contributed by atoms with Crippen LogP contribution in [0.15, 0.2) is 97.2 Å². The van der Waals surface area contributed by atoms with Crippen molar-refractivity contribution in [2.24, 2.45) is 0 Å². The second kappa shape index (κ2) is 54.1. The van der Waals surface area contributed by atoms with Crippen LogP contribution in [0.1, 0.15) is 245 Å². The van der Waals surface area contributed by atoms with Gasteiger partial charge in [-0.15, -0.1) is 0 Å². The van der Waals surface area contributed by atoms with Gasteiger partial charge in [0.05, 0.1) is 32.0 Å². The molecule has 0 radical (unpaired) electrons. The largest absolute Gasteiger partial charge is 0.394 e. The van der Waals surface area contributed by atoms with Crippen molar-refractivity contribution in [2.75, 3.05) is 19.8 Å². The Kier molecular flexibility index (Phi) is 49.6. The molecular formula is C70H121NO13. The van der Waals surface area contributed by atoms with Crippen LogP contribution in [0.3, 0.4) is 0 Å². The molecule has 12 atom stereocenters. The quantitative estimate of drug-likeness (QED) is 0.0204. The number of carbonyl (C=O) groups excluding carboxylic acids is 1. The summed E-state index contributed by atoms with van der Waals surface area (Å²) in [7, 11) is 0. The van der Waals surface area contributed by atoms with E-state index in [1.54, 1.807) is 0 Å². The number of allylic oxidation sites excluding steroid dienone is 16. The van der Waals surface area contributed by atoms with E-state index in [4.69, 9.17) is 18.9 Å². The number of aliphatic hydroxyl groups excluding tert-OH is 8. The molecule has 0 aromatic heterocycles. The highest BCUT2D eigenvalue weighted by atomic mass is 16.7. The van der Waals surface area contributed by atoms with Crippen molar-refractivity contribution >= 4 is 5.91 Å². The molecule has 0 aliphatic carbocycles. The minimum atomic E-state index is -1.79. The number of nitrogens with one attached hydrogen (secondary N) is 1. The molecule has 2 aliphatic heterocycles. The predicted molar refractivity (Wildman–Crippen MR) is 341 cm³/mol. The second-order valence-corrected chi connectivity index (χ2v) is 23.2. The van der Waals surface area contributed by atoms with Crippen LogP contribution in [0, 0.1) is 0 Å². The first-order valence-corrected chi connectivity index (χ1v) is 33.5. The third-order valence-electron chi connectivity index (χ3n) is 15.8. The van der Waals surface area contributed by atoms with Gasteiger partial charge in [-0.3, -0.25) is 4.79 Å². The molecule has 84 heavy (non-hydrogen) atoms. The Morgan fingerprint density at radius 1 is 0.440 bits per heavy atom. The number of aliphatic hydroxyl groups is 8. The maximum atomic E-state index is 13.3. The van der Waals surface area contributed by atoms with Crippen molar-refractivity contribution in [3.05, 3.63) is 97.2 Å². The molecule has 12 unspecified atom stereocenters. The molecule has 484 valence electrons. The SMILES string of the molecule is CC/C=C\C/C=C\C/C=C\C/C=C\C/C=C\C/C=C\C/C=C\C/C=C\CCCCCCCCC(=O)NC(COC1OC(CO)C(OC2OC(CO)C(O)C(O)C2O)C(O)C1O)C(O)CCCCCCCCCCCCCCCCCCCCC. The van der Waals surface area contributed by atoms with Gasteiger partial charge in [0.1, 0.15) is 48.8 Å². The Morgan fingerprint density at radius 3 is 1.26 bits per heavy atom. The van der Waals surface area contributed by atoms with Gasteiger partial charge in [0, 0.05) is 6.42 Å². The van der Waals surface area contributed by atoms with Crippen LogP contribution in [0.4, 0.5) is 0 Å². The van der Waals surface area contributed by atoms with Crippen LogP contribution in [0.5, 0.6) is 0 Å². The Bertz CT molecular complexity index is 1780. The number of hydrogen-bond donors (Lipinski definition) is 9. The predicted octanol–water partition coefficient (Wildman–Crippen LogP) is 13.0. The molecule has 2 saturated heterocycles. The van der Waals surface area contributed by atoms with Crippen molar-refractivity contribution in [3.8, 4) is 0 Å². The minimum absolute atomic E-state index is 0.223. The highest BCUT2D eigenvalue weighted by Crippen LogP contribution is 2.30. The minimum Gasteiger partial charge on any atom is -0.394 e. The van der Waals surface area contributed by atoms with Gasteiger partial charge < -0.3 is 65.1 Å². The van der Waals surface area contributed by atoms with E-state index in [1.165, 1.54) is 96.3 Å². The summed E-state index contributed by atoms with van der Waals surface area (Å²) in [6, 6.07) is -0.845. The first-order valence-electron chi connectivity index (χ1n) is 33.5. The topological polar surface area (TPSA) is 228 Å². The molecule has 0 aromatic carbocycles. The highest BCUT2D eigenvalue weighted by Gasteiger charge is 2.51. The average Bonchev–Trinajstić information content (AvgIpc) is 3.18. The summed E-state index contributed by atoms with van der Waals surface area (Å²) in [4.78, 5) is 13.3. The van der Waals surface area contributed by atoms with Crippen LogP contribution >= 0.6 is 0 Å². The van der Waals surface area contributed by atoms with Gasteiger partial charge in [0.2, 0.25) is 5.91 Å². The first-order chi connectivity index (χ1) is 41.1. The van der Waals surface area contributed by atoms with Gasteiger partial charge in [-0.2, -0.15) is 0 Å². The van der Waals surface area contributed by atoms with Gasteiger partial charge in [-0.05, 0) is 77.0 Å². The van der Waals surface area contributed by atoms with Crippen molar-refractivity contribution in [1.29, 1.82) is 0 Å². The van der Waals surface area contributed by atoms with E-state index in [9.17, 15) is 45.6 Å². The summed E-state index contributed by atoms with van der Waals surface area (Å²) in [5.74, 6) is -0.223. The van der Waals surface area contributed by atoms with Crippen molar-refractivity contribution < 1.29 is 64.6 Å². The zero-order valence-electron chi connectivity index (χ0n) is 52.4. The fourth-order valence-corrected chi connectivity index (χ4v) is 10.5. The van der Waals surface area contributed by atoms with Crippen LogP contribution in [-0.4, -0.2) is 140 Å². The number of rotatable bonds is 53. The van der Waals surface area contributed by atoms with E-state index < -0.39 is 86.8 Å². The van der Waals surface area contributed by atoms with Gasteiger partial charge in [-0.25, -0.2) is 0 Å². The lowest BCUT2D eigenvalue weighted by atomic mass is 9.97. The molecule has 2 rings (SSSR count). The summed E-state index contributed by atoms with van der Waals surface area (Å²) in [6.07, 6.45) is 58.3. The number of hydrogen-bond acceptors (Lipinski definition) is 13. The lowest BCUT2D eigenvalue weighted by Crippen LogP contribution is -2.65. The van der Waals surface area contributed by atoms with Crippen molar-refractivity contribution in [3.63, 3.8) is 0 Å². The molecule has 14 nitrogen and oxygen atoms in total. The molecule has 0 bridgehead atoms. The summed E-state index contributed by atoms with van der Waals surface area (Å²) >= 11 is 0. The van der Waals surface area contributed by atoms with E-state index in [2.05, 4.69) is 116 Å². The van der Waals surface area contributed by atoms with Gasteiger partial charge in [-0.1, -0.05) is 259 Å².